The lowest BCUT2D eigenvalue weighted by atomic mass is 10.0. The number of hydrogen-bond donors (Lipinski definition) is 6. The highest BCUT2D eigenvalue weighted by atomic mass is 16.6. The molecule has 11 heteroatoms. The molecule has 0 saturated carbocycles. The zero-order valence-electron chi connectivity index (χ0n) is 21.3. The van der Waals surface area contributed by atoms with Crippen molar-refractivity contribution in [1.29, 1.82) is 0 Å². The average molecular weight is 527 g/mol. The van der Waals surface area contributed by atoms with Crippen molar-refractivity contribution in [2.24, 2.45) is 11.7 Å². The molecule has 1 fully saturated rings. The van der Waals surface area contributed by atoms with Gasteiger partial charge in [-0.15, -0.1) is 0 Å². The molecule has 3 rings (SSSR count). The Balaban J connectivity index is 1.52. The van der Waals surface area contributed by atoms with Crippen molar-refractivity contribution in [3.05, 3.63) is 59.7 Å². The molecule has 11 nitrogen and oxygen atoms in total. The molecule has 4 atom stereocenters. The van der Waals surface area contributed by atoms with Gasteiger partial charge in [-0.05, 0) is 54.2 Å². The van der Waals surface area contributed by atoms with Crippen LogP contribution in [0.4, 0.5) is 0 Å². The second kappa shape index (κ2) is 12.9. The molecule has 204 valence electrons. The Morgan fingerprint density at radius 3 is 1.95 bits per heavy atom. The van der Waals surface area contributed by atoms with Crippen LogP contribution in [0.3, 0.4) is 0 Å². The van der Waals surface area contributed by atoms with E-state index < -0.39 is 47.9 Å². The number of ether oxygens (including phenoxy) is 1. The summed E-state index contributed by atoms with van der Waals surface area (Å²) in [6.07, 6.45) is -1.03. The number of rotatable bonds is 13. The summed E-state index contributed by atoms with van der Waals surface area (Å²) in [5.74, 6) is -2.09. The van der Waals surface area contributed by atoms with Crippen LogP contribution in [0.2, 0.25) is 0 Å². The molecule has 7 N–H and O–H groups in total. The predicted octanol–water partition coefficient (Wildman–Crippen LogP) is 0.268. The number of aromatic hydroxyl groups is 2. The highest BCUT2D eigenvalue weighted by Gasteiger charge is 2.50. The molecule has 2 aromatic rings. The van der Waals surface area contributed by atoms with Crippen LogP contribution in [-0.4, -0.2) is 64.7 Å². The second-order valence-corrected chi connectivity index (χ2v) is 9.71. The van der Waals surface area contributed by atoms with Gasteiger partial charge in [-0.2, -0.15) is 0 Å². The molecule has 38 heavy (non-hydrogen) atoms. The van der Waals surface area contributed by atoms with E-state index in [4.69, 9.17) is 10.5 Å². The number of primary amides is 1. The van der Waals surface area contributed by atoms with E-state index in [9.17, 15) is 29.4 Å². The number of nitrogens with one attached hydrogen (secondary N) is 3. The highest BCUT2D eigenvalue weighted by Crippen LogP contribution is 2.23. The first kappa shape index (κ1) is 28.5. The molecule has 0 radical (unpaired) electrons. The topological polar surface area (TPSA) is 183 Å². The van der Waals surface area contributed by atoms with Gasteiger partial charge in [0.05, 0.1) is 0 Å². The lowest BCUT2D eigenvalue weighted by Crippen LogP contribution is -2.54. The summed E-state index contributed by atoms with van der Waals surface area (Å²) in [6, 6.07) is 10.8. The fraction of sp³-hybridized carbons (Fsp3) is 0.407. The third-order valence-corrected chi connectivity index (χ3v) is 6.03. The first-order chi connectivity index (χ1) is 18.0. The first-order valence-corrected chi connectivity index (χ1v) is 12.4. The fourth-order valence-corrected chi connectivity index (χ4v) is 3.92. The molecule has 0 aliphatic carbocycles. The lowest BCUT2D eigenvalue weighted by Gasteiger charge is -2.23. The van der Waals surface area contributed by atoms with Gasteiger partial charge in [0.25, 0.3) is 11.8 Å². The predicted molar refractivity (Wildman–Crippen MR) is 138 cm³/mol. The molecule has 0 spiro atoms. The summed E-state index contributed by atoms with van der Waals surface area (Å²) in [4.78, 5) is 50.1. The Bertz CT molecular complexity index is 1140. The molecule has 1 saturated heterocycles. The van der Waals surface area contributed by atoms with Crippen LogP contribution in [0.1, 0.15) is 31.4 Å². The Hall–Kier alpha value is -4.12. The van der Waals surface area contributed by atoms with Crippen LogP contribution in [0.15, 0.2) is 48.5 Å². The quantitative estimate of drug-likeness (QED) is 0.202. The van der Waals surface area contributed by atoms with Crippen molar-refractivity contribution >= 4 is 23.6 Å². The maximum atomic E-state index is 13.0. The van der Waals surface area contributed by atoms with Gasteiger partial charge in [0.2, 0.25) is 11.8 Å². The van der Waals surface area contributed by atoms with Crippen LogP contribution >= 0.6 is 0 Å². The number of benzene rings is 2. The zero-order chi connectivity index (χ0) is 27.8. The van der Waals surface area contributed by atoms with E-state index in [1.807, 2.05) is 13.8 Å². The van der Waals surface area contributed by atoms with Crippen molar-refractivity contribution in [3.63, 3.8) is 0 Å². The number of amides is 4. The van der Waals surface area contributed by atoms with Gasteiger partial charge in [-0.3, -0.25) is 19.2 Å². The third kappa shape index (κ3) is 8.48. The van der Waals surface area contributed by atoms with Crippen LogP contribution in [0, 0.1) is 5.92 Å². The molecule has 2 unspecified atom stereocenters. The van der Waals surface area contributed by atoms with Crippen LogP contribution in [-0.2, 0) is 36.8 Å². The van der Waals surface area contributed by atoms with Crippen molar-refractivity contribution < 1.29 is 34.1 Å². The molecular formula is C27H34N4O7. The standard InChI is InChI=1S/C27H34N4O7/c1-15(2)13-21(25(35)30-20(24(28)34)14-17-5-9-19(33)10-6-17)31-27(37)23-22(38-23)26(36)29-12-11-16-3-7-18(32)8-4-16/h3-10,15,20-23,32-33H,11-14H2,1-2H3,(H2,28,34)(H,29,36)(H,30,35)(H,31,37)/t20-,21-,22?,23?/m0/s1. The third-order valence-electron chi connectivity index (χ3n) is 6.03. The van der Waals surface area contributed by atoms with Gasteiger partial charge in [0, 0.05) is 13.0 Å². The number of phenolic OH excluding ortho intramolecular Hbond substituents is 2. The van der Waals surface area contributed by atoms with Crippen molar-refractivity contribution in [2.45, 2.75) is 57.4 Å². The smallest absolute Gasteiger partial charge is 0.253 e. The lowest BCUT2D eigenvalue weighted by molar-refractivity contribution is -0.132. The minimum atomic E-state index is -1.03. The molecule has 1 aliphatic rings. The van der Waals surface area contributed by atoms with E-state index in [2.05, 4.69) is 16.0 Å². The maximum absolute atomic E-state index is 13.0. The average Bonchev–Trinajstić information content (AvgIpc) is 3.66. The minimum Gasteiger partial charge on any atom is -0.508 e. The van der Waals surface area contributed by atoms with Gasteiger partial charge in [0.1, 0.15) is 23.6 Å². The van der Waals surface area contributed by atoms with Crippen LogP contribution in [0.25, 0.3) is 0 Å². The number of phenols is 2. The Morgan fingerprint density at radius 1 is 0.842 bits per heavy atom. The molecule has 0 bridgehead atoms. The largest absolute Gasteiger partial charge is 0.508 e. The normalized spacial score (nSPS) is 17.8. The Labute approximate surface area is 220 Å². The molecule has 4 amide bonds. The molecule has 1 heterocycles. The Kier molecular flexibility index (Phi) is 9.66. The monoisotopic (exact) mass is 526 g/mol. The fourth-order valence-electron chi connectivity index (χ4n) is 3.92. The summed E-state index contributed by atoms with van der Waals surface area (Å²) in [5.41, 5.74) is 7.10. The van der Waals surface area contributed by atoms with E-state index in [1.165, 1.54) is 12.1 Å². The summed E-state index contributed by atoms with van der Waals surface area (Å²) in [5, 5.41) is 26.7. The van der Waals surface area contributed by atoms with Gasteiger partial charge in [-0.25, -0.2) is 0 Å². The number of carbonyl (C=O) groups is 4. The summed E-state index contributed by atoms with van der Waals surface area (Å²) in [7, 11) is 0. The van der Waals surface area contributed by atoms with Crippen LogP contribution in [0.5, 0.6) is 11.5 Å². The van der Waals surface area contributed by atoms with E-state index in [-0.39, 0.29) is 23.8 Å². The van der Waals surface area contributed by atoms with Crippen molar-refractivity contribution in [2.75, 3.05) is 6.54 Å². The summed E-state index contributed by atoms with van der Waals surface area (Å²) < 4.78 is 5.27. The molecule has 1 aliphatic heterocycles. The van der Waals surface area contributed by atoms with Gasteiger partial charge in [0.15, 0.2) is 12.2 Å². The Morgan fingerprint density at radius 2 is 1.39 bits per heavy atom. The second-order valence-electron chi connectivity index (χ2n) is 9.71. The summed E-state index contributed by atoms with van der Waals surface area (Å²) in [6.45, 7) is 4.09. The van der Waals surface area contributed by atoms with Gasteiger partial charge >= 0.3 is 0 Å². The minimum absolute atomic E-state index is 0.0364. The van der Waals surface area contributed by atoms with Gasteiger partial charge < -0.3 is 36.6 Å². The first-order valence-electron chi connectivity index (χ1n) is 12.4. The number of hydrogen-bond acceptors (Lipinski definition) is 7. The van der Waals surface area contributed by atoms with Crippen molar-refractivity contribution in [1.82, 2.24) is 16.0 Å². The maximum Gasteiger partial charge on any atom is 0.253 e. The molecular weight excluding hydrogens is 492 g/mol. The van der Waals surface area contributed by atoms with E-state index in [0.717, 1.165) is 5.56 Å². The molecule has 2 aromatic carbocycles. The van der Waals surface area contributed by atoms with E-state index >= 15 is 0 Å². The van der Waals surface area contributed by atoms with Gasteiger partial charge in [-0.1, -0.05) is 38.1 Å². The number of nitrogens with two attached hydrogens (primary N) is 1. The zero-order valence-corrected chi connectivity index (χ0v) is 21.3. The number of carbonyl (C=O) groups excluding carboxylic acids is 4. The van der Waals surface area contributed by atoms with E-state index in [0.29, 0.717) is 24.9 Å². The molecule has 0 aromatic heterocycles. The van der Waals surface area contributed by atoms with Crippen LogP contribution < -0.4 is 21.7 Å². The van der Waals surface area contributed by atoms with E-state index in [1.54, 1.807) is 36.4 Å². The SMILES string of the molecule is CC(C)C[C@H](NC(=O)C1OC1C(=O)NCCc1ccc(O)cc1)C(=O)N[C@@H](Cc1ccc(O)cc1)C(N)=O. The van der Waals surface area contributed by atoms with Crippen molar-refractivity contribution in [3.8, 4) is 11.5 Å². The highest BCUT2D eigenvalue weighted by molar-refractivity contribution is 5.97. The number of epoxide rings is 1. The summed E-state index contributed by atoms with van der Waals surface area (Å²) >= 11 is 0.